The van der Waals surface area contributed by atoms with Crippen LogP contribution in [0.4, 0.5) is 13.2 Å². The van der Waals surface area contributed by atoms with Crippen LogP contribution in [-0.4, -0.2) is 89.7 Å². The molecule has 0 radical (unpaired) electrons. The van der Waals surface area contributed by atoms with Crippen LogP contribution in [-0.2, 0) is 18.3 Å². The molecule has 172 valence electrons. The van der Waals surface area contributed by atoms with Gasteiger partial charge in [-0.3, -0.25) is 4.90 Å². The first-order chi connectivity index (χ1) is 14.2. The van der Waals surface area contributed by atoms with E-state index in [1.165, 1.54) is 4.90 Å². The topological polar surface area (TPSA) is 70.8 Å². The van der Waals surface area contributed by atoms with Crippen LogP contribution in [0.15, 0.2) is 4.99 Å². The monoisotopic (exact) mass is 433 g/mol. The molecule has 2 rings (SSSR count). The fourth-order valence-electron chi connectivity index (χ4n) is 3.52. The van der Waals surface area contributed by atoms with Crippen molar-refractivity contribution in [2.24, 2.45) is 18.0 Å². The molecule has 0 aromatic carbocycles. The number of rotatable bonds is 10. The smallest absolute Gasteiger partial charge is 0.385 e. The number of hydrogen-bond acceptors (Lipinski definition) is 5. The molecule has 0 bridgehead atoms. The van der Waals surface area contributed by atoms with Gasteiger partial charge in [-0.2, -0.15) is 13.2 Å². The third-order valence-electron chi connectivity index (χ3n) is 5.31. The summed E-state index contributed by atoms with van der Waals surface area (Å²) >= 11 is 0. The van der Waals surface area contributed by atoms with E-state index in [4.69, 9.17) is 9.73 Å². The molecule has 1 saturated heterocycles. The largest absolute Gasteiger partial charge is 0.401 e. The van der Waals surface area contributed by atoms with E-state index in [-0.39, 0.29) is 5.92 Å². The predicted molar refractivity (Wildman–Crippen MR) is 109 cm³/mol. The number of hydrogen-bond donors (Lipinski definition) is 1. The minimum Gasteiger partial charge on any atom is -0.385 e. The fourth-order valence-corrected chi connectivity index (χ4v) is 3.52. The second kappa shape index (κ2) is 11.5. The lowest BCUT2D eigenvalue weighted by Crippen LogP contribution is -2.42. The summed E-state index contributed by atoms with van der Waals surface area (Å²) in [4.78, 5) is 8.31. The molecule has 1 aliphatic heterocycles. The first kappa shape index (κ1) is 24.4. The molecule has 0 spiro atoms. The van der Waals surface area contributed by atoms with Gasteiger partial charge in [-0.1, -0.05) is 6.92 Å². The number of methoxy groups -OCH3 is 1. The number of nitrogens with zero attached hydrogens (tertiary/aromatic N) is 6. The van der Waals surface area contributed by atoms with Crippen molar-refractivity contribution in [3.8, 4) is 0 Å². The molecule has 0 saturated carbocycles. The Kier molecular flexibility index (Phi) is 9.35. The molecule has 1 N–H and O–H groups in total. The molecule has 8 nitrogen and oxygen atoms in total. The summed E-state index contributed by atoms with van der Waals surface area (Å²) in [6.07, 6.45) is -2.49. The Labute approximate surface area is 176 Å². The van der Waals surface area contributed by atoms with E-state index in [2.05, 4.69) is 20.4 Å². The second-order valence-corrected chi connectivity index (χ2v) is 7.68. The molecule has 1 aromatic rings. The van der Waals surface area contributed by atoms with Gasteiger partial charge >= 0.3 is 6.18 Å². The molecule has 1 aromatic heterocycles. The number of aryl methyl sites for hydroxylation is 1. The zero-order chi connectivity index (χ0) is 22.1. The van der Waals surface area contributed by atoms with Crippen LogP contribution < -0.4 is 5.32 Å². The highest BCUT2D eigenvalue weighted by Crippen LogP contribution is 2.21. The molecule has 1 unspecified atom stereocenters. The molecule has 1 fully saturated rings. The van der Waals surface area contributed by atoms with Gasteiger partial charge in [0.25, 0.3) is 0 Å². The van der Waals surface area contributed by atoms with Gasteiger partial charge in [0, 0.05) is 46.9 Å². The number of aliphatic imine (C=N–C) groups is 1. The van der Waals surface area contributed by atoms with E-state index in [0.29, 0.717) is 39.3 Å². The van der Waals surface area contributed by atoms with Crippen LogP contribution >= 0.6 is 0 Å². The third kappa shape index (κ3) is 7.75. The van der Waals surface area contributed by atoms with Crippen LogP contribution in [0.3, 0.4) is 0 Å². The quantitative estimate of drug-likeness (QED) is 0.345. The van der Waals surface area contributed by atoms with E-state index < -0.39 is 12.7 Å². The minimum atomic E-state index is -4.17. The highest BCUT2D eigenvalue weighted by atomic mass is 19.4. The lowest BCUT2D eigenvalue weighted by Gasteiger charge is -2.26. The Balaban J connectivity index is 1.99. The third-order valence-corrected chi connectivity index (χ3v) is 5.31. The lowest BCUT2D eigenvalue weighted by molar-refractivity contribution is -0.146. The summed E-state index contributed by atoms with van der Waals surface area (Å²) < 4.78 is 45.3. The second-order valence-electron chi connectivity index (χ2n) is 7.68. The van der Waals surface area contributed by atoms with Gasteiger partial charge in [-0.25, -0.2) is 4.99 Å². The summed E-state index contributed by atoms with van der Waals surface area (Å²) in [5.74, 6) is 2.52. The van der Waals surface area contributed by atoms with E-state index in [0.717, 1.165) is 37.0 Å². The van der Waals surface area contributed by atoms with Gasteiger partial charge < -0.3 is 19.5 Å². The van der Waals surface area contributed by atoms with Crippen molar-refractivity contribution >= 4 is 5.96 Å². The predicted octanol–water partition coefficient (Wildman–Crippen LogP) is 1.81. The molecule has 0 aliphatic carbocycles. The number of likely N-dealkylation sites (tertiary alicyclic amines) is 1. The Morgan fingerprint density at radius 2 is 2.13 bits per heavy atom. The first-order valence-electron chi connectivity index (χ1n) is 10.4. The average Bonchev–Trinajstić information content (AvgIpc) is 3.27. The maximum Gasteiger partial charge on any atom is 0.401 e. The van der Waals surface area contributed by atoms with Crippen molar-refractivity contribution in [3.05, 3.63) is 11.6 Å². The van der Waals surface area contributed by atoms with Gasteiger partial charge in [-0.15, -0.1) is 10.2 Å². The number of ether oxygens (including phenoxy) is 1. The van der Waals surface area contributed by atoms with Crippen molar-refractivity contribution in [2.45, 2.75) is 39.4 Å². The van der Waals surface area contributed by atoms with Crippen LogP contribution in [0.2, 0.25) is 0 Å². The maximum absolute atomic E-state index is 12.8. The number of aromatic nitrogens is 3. The maximum atomic E-state index is 12.8. The number of alkyl halides is 3. The van der Waals surface area contributed by atoms with Gasteiger partial charge in [-0.05, 0) is 32.2 Å². The Bertz CT molecular complexity index is 678. The Morgan fingerprint density at radius 3 is 2.73 bits per heavy atom. The standard InChI is InChI=1S/C19H34F3N7O/c1-5-28(14-19(20,21)22)12-16-7-9-29(13-16)18(23-8-6-10-30-4)24-11-17-26-25-15(2)27(17)3/h16H,5-14H2,1-4H3,(H,23,24). The summed E-state index contributed by atoms with van der Waals surface area (Å²) in [5, 5.41) is 11.6. The Morgan fingerprint density at radius 1 is 1.37 bits per heavy atom. The minimum absolute atomic E-state index is 0.176. The SMILES string of the molecule is CCN(CC1CCN(C(=NCc2nnc(C)n2C)NCCCOC)C1)CC(F)(F)F. The lowest BCUT2D eigenvalue weighted by atomic mass is 10.1. The van der Waals surface area contributed by atoms with Crippen molar-refractivity contribution in [2.75, 3.05) is 53.0 Å². The van der Waals surface area contributed by atoms with Gasteiger partial charge in [0.15, 0.2) is 11.8 Å². The molecule has 0 amide bonds. The highest BCUT2D eigenvalue weighted by molar-refractivity contribution is 5.80. The summed E-state index contributed by atoms with van der Waals surface area (Å²) in [7, 11) is 3.56. The average molecular weight is 434 g/mol. The molecule has 30 heavy (non-hydrogen) atoms. The van der Waals surface area contributed by atoms with Crippen molar-refractivity contribution in [1.29, 1.82) is 0 Å². The molecular formula is C19H34F3N7O. The van der Waals surface area contributed by atoms with Gasteiger partial charge in [0.05, 0.1) is 6.54 Å². The number of guanidine groups is 1. The normalized spacial score (nSPS) is 17.9. The summed E-state index contributed by atoms with van der Waals surface area (Å²) in [6.45, 7) is 6.81. The van der Waals surface area contributed by atoms with Crippen molar-refractivity contribution in [3.63, 3.8) is 0 Å². The Hall–Kier alpha value is -1.88. The molecule has 1 aliphatic rings. The van der Waals surface area contributed by atoms with Crippen LogP contribution in [0.25, 0.3) is 0 Å². The number of halogens is 3. The van der Waals surface area contributed by atoms with E-state index in [9.17, 15) is 13.2 Å². The van der Waals surface area contributed by atoms with E-state index >= 15 is 0 Å². The van der Waals surface area contributed by atoms with Crippen molar-refractivity contribution < 1.29 is 17.9 Å². The number of nitrogens with one attached hydrogen (secondary N) is 1. The zero-order valence-electron chi connectivity index (χ0n) is 18.4. The van der Waals surface area contributed by atoms with Crippen LogP contribution in [0.5, 0.6) is 0 Å². The molecular weight excluding hydrogens is 399 g/mol. The van der Waals surface area contributed by atoms with Gasteiger partial charge in [0.2, 0.25) is 0 Å². The summed E-state index contributed by atoms with van der Waals surface area (Å²) in [5.41, 5.74) is 0. The fraction of sp³-hybridized carbons (Fsp3) is 0.842. The van der Waals surface area contributed by atoms with E-state index in [1.54, 1.807) is 14.0 Å². The van der Waals surface area contributed by atoms with E-state index in [1.807, 2.05) is 18.5 Å². The molecule has 1 atom stereocenters. The molecule has 11 heteroatoms. The van der Waals surface area contributed by atoms with Crippen LogP contribution in [0.1, 0.15) is 31.4 Å². The first-order valence-corrected chi connectivity index (χ1v) is 10.4. The van der Waals surface area contributed by atoms with Crippen molar-refractivity contribution in [1.82, 2.24) is 29.9 Å². The highest BCUT2D eigenvalue weighted by Gasteiger charge is 2.33. The molecule has 2 heterocycles. The van der Waals surface area contributed by atoms with Crippen LogP contribution in [0, 0.1) is 12.8 Å². The zero-order valence-corrected chi connectivity index (χ0v) is 18.4. The van der Waals surface area contributed by atoms with Gasteiger partial charge in [0.1, 0.15) is 12.4 Å². The summed E-state index contributed by atoms with van der Waals surface area (Å²) in [6, 6.07) is 0.